The number of aliphatic hydroxyl groups is 2. The number of carbonyl (C=O) groups excluding carboxylic acids is 2. The number of methoxy groups -OCH3 is 2. The average Bonchev–Trinajstić information content (AvgIpc) is 4.13. The Balaban J connectivity index is 0.000000199. The second-order valence-corrected chi connectivity index (χ2v) is 24.9. The van der Waals surface area contributed by atoms with Gasteiger partial charge < -0.3 is 19.7 Å². The highest BCUT2D eigenvalue weighted by Gasteiger charge is 2.65. The van der Waals surface area contributed by atoms with Gasteiger partial charge >= 0.3 is 11.4 Å². The molecule has 3 N–H and O–H groups in total. The number of fused-ring (bicyclic) bond motifs is 10. The minimum atomic E-state index is -0.565. The van der Waals surface area contributed by atoms with E-state index >= 15 is 0 Å². The molecule has 8 aliphatic carbocycles. The molecule has 16 atom stereocenters. The topological polar surface area (TPSA) is 226 Å². The lowest BCUT2D eigenvalue weighted by Crippen LogP contribution is -2.58. The highest BCUT2D eigenvalue weighted by molar-refractivity contribution is 9.09. The zero-order valence-corrected chi connectivity index (χ0v) is 43.5. The summed E-state index contributed by atoms with van der Waals surface area (Å²) in [6.07, 6.45) is 24.4. The van der Waals surface area contributed by atoms with Gasteiger partial charge in [0.15, 0.2) is 5.78 Å². The standard InChI is InChI=1S/C26H39N3O5.C23H37BrO3.C3H3N3O2.2CH4/c1-24(31)10-11-26(16-34-3)17(12-24)4-5-19-20-6-7-22(25(20,2)9-8-21(19)26)23(30)15-28-14-18(13-27-28)29(32)33;1-21(26)10-11-23(14-27-3)15(12-21)4-5-16-17-6-7-19(20(25)13-24)22(17,2)9-8-18(16)23;7-6(8)3-1-4-5-2-3;;/h13-14,17,19-22,31H,4-12,15-16H2,1-3H3;15-19,26H,4-14H2,1-3H3;1-2H,(H,4,5);2*1H4/t17-,19-,20-,21-,22+,24+,25-,26+;15-,16-,17-,18-,19+,21+,22-,23+;;;/m00.../s1. The van der Waals surface area contributed by atoms with Gasteiger partial charge in [0, 0.05) is 26.1 Å². The van der Waals surface area contributed by atoms with Crippen LogP contribution in [0, 0.1) is 101 Å². The van der Waals surface area contributed by atoms with Gasteiger partial charge in [-0.05, 0) is 198 Å². The molecule has 10 rings (SSSR count). The summed E-state index contributed by atoms with van der Waals surface area (Å²) >= 11 is 3.43. The Labute approximate surface area is 430 Å². The summed E-state index contributed by atoms with van der Waals surface area (Å²) in [6, 6.07) is 0. The number of hydrogen-bond donors (Lipinski definition) is 3. The van der Waals surface area contributed by atoms with Crippen molar-refractivity contribution in [3.05, 3.63) is 45.0 Å². The van der Waals surface area contributed by atoms with Crippen molar-refractivity contribution in [2.75, 3.05) is 32.8 Å². The summed E-state index contributed by atoms with van der Waals surface area (Å²) in [5.41, 5.74) is -0.564. The van der Waals surface area contributed by atoms with Gasteiger partial charge in [-0.25, -0.2) is 0 Å². The maximum atomic E-state index is 13.4. The monoisotopic (exact) mass is 1060 g/mol. The lowest BCUT2D eigenvalue weighted by Gasteiger charge is -2.62. The number of hydrogen-bond acceptors (Lipinski definition) is 12. The molecule has 2 aromatic rings. The number of nitro groups is 2. The fraction of sp³-hybridized carbons (Fsp3) is 0.852. The van der Waals surface area contributed by atoms with Crippen molar-refractivity contribution in [3.63, 3.8) is 0 Å². The minimum absolute atomic E-state index is 0. The molecule has 16 nitrogen and oxygen atoms in total. The van der Waals surface area contributed by atoms with Crippen molar-refractivity contribution in [3.8, 4) is 0 Å². The molecule has 71 heavy (non-hydrogen) atoms. The van der Waals surface area contributed by atoms with Crippen molar-refractivity contribution in [2.24, 2.45) is 80.8 Å². The number of aromatic nitrogens is 4. The number of rotatable bonds is 11. The third kappa shape index (κ3) is 10.6. The Hall–Kier alpha value is -3.12. The van der Waals surface area contributed by atoms with E-state index in [0.29, 0.717) is 52.5 Å². The molecule has 400 valence electrons. The second kappa shape index (κ2) is 22.0. The number of nitrogens with zero attached hydrogens (tertiary/aromatic N) is 5. The summed E-state index contributed by atoms with van der Waals surface area (Å²) in [7, 11) is 3.67. The van der Waals surface area contributed by atoms with Crippen LogP contribution in [0.1, 0.15) is 158 Å². The molecule has 0 aromatic carbocycles. The van der Waals surface area contributed by atoms with Crippen LogP contribution in [0.4, 0.5) is 11.4 Å². The van der Waals surface area contributed by atoms with Crippen LogP contribution >= 0.6 is 15.9 Å². The quantitative estimate of drug-likeness (QED) is 0.109. The van der Waals surface area contributed by atoms with Crippen molar-refractivity contribution >= 4 is 38.9 Å². The van der Waals surface area contributed by atoms with Crippen LogP contribution in [-0.4, -0.2) is 95.6 Å². The van der Waals surface area contributed by atoms with Crippen LogP contribution in [0.2, 0.25) is 0 Å². The van der Waals surface area contributed by atoms with E-state index in [9.17, 15) is 40.0 Å². The predicted molar refractivity (Wildman–Crippen MR) is 275 cm³/mol. The molecular weight excluding hydrogens is 973 g/mol. The molecule has 8 aliphatic rings. The Bertz CT molecular complexity index is 2170. The first-order chi connectivity index (χ1) is 32.7. The summed E-state index contributed by atoms with van der Waals surface area (Å²) < 4.78 is 13.1. The van der Waals surface area contributed by atoms with E-state index in [1.165, 1.54) is 61.8 Å². The van der Waals surface area contributed by atoms with Gasteiger partial charge in [0.1, 0.15) is 30.9 Å². The van der Waals surface area contributed by atoms with Crippen molar-refractivity contribution < 1.29 is 39.1 Å². The molecule has 8 saturated carbocycles. The van der Waals surface area contributed by atoms with Gasteiger partial charge in [0.25, 0.3) is 0 Å². The highest BCUT2D eigenvalue weighted by Crippen LogP contribution is 2.70. The van der Waals surface area contributed by atoms with Crippen LogP contribution < -0.4 is 0 Å². The van der Waals surface area contributed by atoms with E-state index < -0.39 is 21.0 Å². The van der Waals surface area contributed by atoms with E-state index in [1.54, 1.807) is 0 Å². The van der Waals surface area contributed by atoms with Crippen molar-refractivity contribution in [1.29, 1.82) is 0 Å². The maximum absolute atomic E-state index is 13.4. The molecule has 2 aromatic heterocycles. The van der Waals surface area contributed by atoms with E-state index in [2.05, 4.69) is 45.1 Å². The first kappa shape index (κ1) is 57.2. The van der Waals surface area contributed by atoms with E-state index in [0.717, 1.165) is 102 Å². The smallest absolute Gasteiger partial charge is 0.307 e. The summed E-state index contributed by atoms with van der Waals surface area (Å²) in [5, 5.41) is 52.6. The number of halogens is 1. The number of alkyl halides is 1. The third-order valence-corrected chi connectivity index (χ3v) is 21.4. The van der Waals surface area contributed by atoms with Gasteiger partial charge in [-0.2, -0.15) is 10.2 Å². The van der Waals surface area contributed by atoms with Crippen LogP contribution in [0.5, 0.6) is 0 Å². The minimum Gasteiger partial charge on any atom is -0.390 e. The summed E-state index contributed by atoms with van der Waals surface area (Å²) in [4.78, 5) is 45.8. The molecule has 17 heteroatoms. The molecule has 0 radical (unpaired) electrons. The molecule has 2 heterocycles. The Morgan fingerprint density at radius 1 is 0.690 bits per heavy atom. The summed E-state index contributed by atoms with van der Waals surface area (Å²) in [5.74, 6) is 5.82. The largest absolute Gasteiger partial charge is 0.390 e. The zero-order chi connectivity index (χ0) is 49.7. The molecule has 0 amide bonds. The molecular formula is C54H87BrN6O10. The third-order valence-electron chi connectivity index (χ3n) is 20.9. The molecule has 0 spiro atoms. The van der Waals surface area contributed by atoms with Crippen LogP contribution in [0.3, 0.4) is 0 Å². The lowest BCUT2D eigenvalue weighted by atomic mass is 9.43. The van der Waals surface area contributed by atoms with Gasteiger partial charge in [0.2, 0.25) is 0 Å². The average molecular weight is 1060 g/mol. The Morgan fingerprint density at radius 2 is 1.17 bits per heavy atom. The number of Topliss-reactive ketones (excluding diaryl/α,β-unsaturated/α-hetero) is 2. The second-order valence-electron chi connectivity index (χ2n) is 24.3. The Kier molecular flexibility index (Phi) is 17.7. The zero-order valence-electron chi connectivity index (χ0n) is 41.9. The number of H-pyrrole nitrogens is 1. The number of ether oxygens (including phenoxy) is 2. The molecule has 0 unspecified atom stereocenters. The number of carbonyl (C=O) groups is 2. The predicted octanol–water partition coefficient (Wildman–Crippen LogP) is 11.0. The SMILES string of the molecule is C.C.COC[C@]12CC[C@@](C)(O)C[C@@H]1CC[C@H]1[C@@H]3CC[C@H](C(=O)CBr)[C@@]3(C)CC[C@@H]12.COC[C@]12CC[C@@](C)(O)C[C@@H]1CC[C@H]1[C@@H]3CC[C@H](C(=O)Cn4cc([N+](=O)[O-])cn4)[C@@]3(C)CC[C@@H]12.O=[N+]([O-])c1cn[nH]c1. The maximum Gasteiger partial charge on any atom is 0.307 e. The number of nitrogens with one attached hydrogen (secondary N) is 1. The van der Waals surface area contributed by atoms with E-state index in [-0.39, 0.29) is 72.1 Å². The normalized spacial score (nSPS) is 41.6. The number of ketones is 2. The van der Waals surface area contributed by atoms with Gasteiger partial charge in [-0.1, -0.05) is 44.6 Å². The number of aromatic amines is 1. The first-order valence-electron chi connectivity index (χ1n) is 26.0. The molecule has 0 saturated heterocycles. The molecule has 0 aliphatic heterocycles. The van der Waals surface area contributed by atoms with E-state index in [4.69, 9.17) is 9.47 Å². The van der Waals surface area contributed by atoms with Crippen LogP contribution in [0.25, 0.3) is 0 Å². The lowest BCUT2D eigenvalue weighted by molar-refractivity contribution is -0.385. The van der Waals surface area contributed by atoms with Gasteiger partial charge in [-0.15, -0.1) is 0 Å². The summed E-state index contributed by atoms with van der Waals surface area (Å²) in [6.45, 7) is 10.5. The van der Waals surface area contributed by atoms with Crippen molar-refractivity contribution in [2.45, 2.75) is 176 Å². The Morgan fingerprint density at radius 3 is 1.56 bits per heavy atom. The van der Waals surface area contributed by atoms with Crippen LogP contribution in [0.15, 0.2) is 24.8 Å². The fourth-order valence-electron chi connectivity index (χ4n) is 17.9. The van der Waals surface area contributed by atoms with Gasteiger partial charge in [0.05, 0.1) is 45.8 Å². The highest BCUT2D eigenvalue weighted by atomic mass is 79.9. The van der Waals surface area contributed by atoms with Crippen LogP contribution in [-0.2, 0) is 25.6 Å². The molecule has 0 bridgehead atoms. The first-order valence-corrected chi connectivity index (χ1v) is 27.1. The van der Waals surface area contributed by atoms with E-state index in [1.807, 2.05) is 28.1 Å². The van der Waals surface area contributed by atoms with Crippen molar-refractivity contribution in [1.82, 2.24) is 20.0 Å². The molecule has 8 fully saturated rings. The fourth-order valence-corrected chi connectivity index (χ4v) is 18.3. The van der Waals surface area contributed by atoms with Gasteiger partial charge in [-0.3, -0.25) is 39.6 Å².